The fraction of sp³-hybridized carbons (Fsp3) is 0.381. The van der Waals surface area contributed by atoms with E-state index in [2.05, 4.69) is 0 Å². The third kappa shape index (κ3) is 3.57. The molecule has 9 heteroatoms. The van der Waals surface area contributed by atoms with E-state index in [1.165, 1.54) is 12.1 Å². The Bertz CT molecular complexity index is 960. The Kier molecular flexibility index (Phi) is 5.08. The number of nitro groups is 1. The van der Waals surface area contributed by atoms with Crippen LogP contribution in [0, 0.1) is 10.1 Å². The molecule has 0 unspecified atom stereocenters. The second kappa shape index (κ2) is 7.58. The molecule has 1 amide bonds. The molecule has 0 aliphatic carbocycles. The van der Waals surface area contributed by atoms with E-state index in [1.54, 1.807) is 62.3 Å². The number of amides is 1. The van der Waals surface area contributed by atoms with Crippen LogP contribution >= 0.6 is 0 Å². The smallest absolute Gasteiger partial charge is 0.310 e. The highest BCUT2D eigenvalue weighted by atomic mass is 16.7. The molecule has 0 aromatic heterocycles. The van der Waals surface area contributed by atoms with Crippen molar-refractivity contribution in [3.05, 3.63) is 58.6 Å². The number of hydrogen-bond donors (Lipinski definition) is 0. The lowest BCUT2D eigenvalue weighted by Crippen LogP contribution is -2.72. The number of β-lactam (4-membered cyclic amide) rings is 1. The molecule has 0 spiro atoms. The first-order chi connectivity index (χ1) is 14.3. The zero-order valence-corrected chi connectivity index (χ0v) is 16.8. The van der Waals surface area contributed by atoms with Crippen LogP contribution < -0.4 is 14.4 Å². The van der Waals surface area contributed by atoms with Gasteiger partial charge >= 0.3 is 5.69 Å². The minimum atomic E-state index is -0.935. The summed E-state index contributed by atoms with van der Waals surface area (Å²) in [4.78, 5) is 25.4. The third-order valence-corrected chi connectivity index (χ3v) is 5.17. The van der Waals surface area contributed by atoms with Gasteiger partial charge in [-0.15, -0.1) is 0 Å². The molecule has 0 N–H and O–H groups in total. The van der Waals surface area contributed by atoms with E-state index in [0.717, 1.165) is 0 Å². The lowest BCUT2D eigenvalue weighted by molar-refractivity contribution is -0.386. The van der Waals surface area contributed by atoms with Crippen molar-refractivity contribution in [3.63, 3.8) is 0 Å². The number of nitro benzene ring substituents is 1. The maximum atomic E-state index is 13.0. The van der Waals surface area contributed by atoms with Crippen LogP contribution in [0.15, 0.2) is 48.5 Å². The van der Waals surface area contributed by atoms with Gasteiger partial charge in [0.1, 0.15) is 17.9 Å². The van der Waals surface area contributed by atoms with Crippen LogP contribution in [0.4, 0.5) is 11.4 Å². The standard InChI is InChI=1S/C21H22N2O7/c1-21(2)28-12-17(30-21)18-19(29-16-7-5-4-6-15(16)23(25)26)20(24)22(18)13-8-10-14(27-3)11-9-13/h4-11,17-19H,12H2,1-3H3/t17-,18+,19-/m1/s1. The first kappa shape index (κ1) is 20.1. The highest BCUT2D eigenvalue weighted by Crippen LogP contribution is 2.39. The zero-order chi connectivity index (χ0) is 21.5. The molecule has 0 saturated carbocycles. The normalized spacial score (nSPS) is 25.0. The highest BCUT2D eigenvalue weighted by molar-refractivity contribution is 6.05. The molecule has 4 rings (SSSR count). The summed E-state index contributed by atoms with van der Waals surface area (Å²) in [6.07, 6.45) is -1.39. The topological polar surface area (TPSA) is 100 Å². The molecule has 2 aliphatic rings. The van der Waals surface area contributed by atoms with Crippen LogP contribution in [0.5, 0.6) is 11.5 Å². The summed E-state index contributed by atoms with van der Waals surface area (Å²) in [5.41, 5.74) is 0.456. The first-order valence-corrected chi connectivity index (χ1v) is 9.50. The Balaban J connectivity index is 1.64. The molecule has 0 bridgehead atoms. The summed E-state index contributed by atoms with van der Waals surface area (Å²) >= 11 is 0. The van der Waals surface area contributed by atoms with Crippen molar-refractivity contribution in [2.24, 2.45) is 0 Å². The van der Waals surface area contributed by atoms with Crippen LogP contribution in [-0.4, -0.2) is 48.6 Å². The van der Waals surface area contributed by atoms with Crippen LogP contribution in [0.3, 0.4) is 0 Å². The van der Waals surface area contributed by atoms with E-state index in [0.29, 0.717) is 11.4 Å². The quantitative estimate of drug-likeness (QED) is 0.407. The summed E-state index contributed by atoms with van der Waals surface area (Å²) in [7, 11) is 1.56. The Morgan fingerprint density at radius 1 is 1.17 bits per heavy atom. The summed E-state index contributed by atoms with van der Waals surface area (Å²) in [6.45, 7) is 3.86. The Hall–Kier alpha value is -3.17. The van der Waals surface area contributed by atoms with Gasteiger partial charge in [-0.3, -0.25) is 19.8 Å². The predicted molar refractivity (Wildman–Crippen MR) is 107 cm³/mol. The minimum absolute atomic E-state index is 0.0402. The number of methoxy groups -OCH3 is 1. The van der Waals surface area contributed by atoms with Crippen molar-refractivity contribution >= 4 is 17.3 Å². The van der Waals surface area contributed by atoms with Gasteiger partial charge in [-0.1, -0.05) is 12.1 Å². The molecule has 2 aromatic rings. The van der Waals surface area contributed by atoms with Crippen LogP contribution in [0.1, 0.15) is 13.8 Å². The third-order valence-electron chi connectivity index (χ3n) is 5.17. The molecule has 30 heavy (non-hydrogen) atoms. The van der Waals surface area contributed by atoms with Gasteiger partial charge < -0.3 is 18.9 Å². The molecule has 2 heterocycles. The van der Waals surface area contributed by atoms with Crippen LogP contribution in [-0.2, 0) is 14.3 Å². The maximum Gasteiger partial charge on any atom is 0.310 e. The average molecular weight is 414 g/mol. The van der Waals surface area contributed by atoms with Gasteiger partial charge in [-0.25, -0.2) is 0 Å². The molecule has 9 nitrogen and oxygen atoms in total. The van der Waals surface area contributed by atoms with E-state index in [-0.39, 0.29) is 24.0 Å². The number of para-hydroxylation sites is 2. The van der Waals surface area contributed by atoms with E-state index < -0.39 is 29.0 Å². The van der Waals surface area contributed by atoms with Gasteiger partial charge in [-0.2, -0.15) is 0 Å². The number of carbonyl (C=O) groups is 1. The van der Waals surface area contributed by atoms with Gasteiger partial charge in [0.2, 0.25) is 6.10 Å². The number of ether oxygens (including phenoxy) is 4. The molecule has 158 valence electrons. The molecule has 2 aromatic carbocycles. The SMILES string of the molecule is COc1ccc(N2C(=O)[C@H](Oc3ccccc3[N+](=O)[O-])[C@@H]2[C@H]2COC(C)(C)O2)cc1. The van der Waals surface area contributed by atoms with Crippen molar-refractivity contribution < 1.29 is 28.7 Å². The van der Waals surface area contributed by atoms with E-state index in [4.69, 9.17) is 18.9 Å². The molecule has 2 fully saturated rings. The summed E-state index contributed by atoms with van der Waals surface area (Å²) in [5.74, 6) is -0.398. The van der Waals surface area contributed by atoms with Gasteiger partial charge in [0.05, 0.1) is 18.6 Å². The Morgan fingerprint density at radius 3 is 2.47 bits per heavy atom. The van der Waals surface area contributed by atoms with Crippen molar-refractivity contribution in [1.82, 2.24) is 0 Å². The minimum Gasteiger partial charge on any atom is -0.497 e. The summed E-state index contributed by atoms with van der Waals surface area (Å²) < 4.78 is 22.7. The van der Waals surface area contributed by atoms with Crippen LogP contribution in [0.25, 0.3) is 0 Å². The number of benzene rings is 2. The average Bonchev–Trinajstić information content (AvgIpc) is 3.09. The fourth-order valence-corrected chi connectivity index (χ4v) is 3.74. The van der Waals surface area contributed by atoms with Crippen molar-refractivity contribution in [2.45, 2.75) is 37.9 Å². The molecule has 0 radical (unpaired) electrons. The summed E-state index contributed by atoms with van der Waals surface area (Å²) in [5, 5.41) is 11.3. The predicted octanol–water partition coefficient (Wildman–Crippen LogP) is 2.92. The van der Waals surface area contributed by atoms with Crippen LogP contribution in [0.2, 0.25) is 0 Å². The van der Waals surface area contributed by atoms with E-state index in [9.17, 15) is 14.9 Å². The molecule has 2 aliphatic heterocycles. The number of anilines is 1. The number of rotatable bonds is 6. The second-order valence-corrected chi connectivity index (χ2v) is 7.53. The van der Waals surface area contributed by atoms with Crippen molar-refractivity contribution in [2.75, 3.05) is 18.6 Å². The zero-order valence-electron chi connectivity index (χ0n) is 16.8. The molecule has 3 atom stereocenters. The monoisotopic (exact) mass is 414 g/mol. The molecular weight excluding hydrogens is 392 g/mol. The Morgan fingerprint density at radius 2 is 1.87 bits per heavy atom. The molecule has 2 saturated heterocycles. The summed E-state index contributed by atoms with van der Waals surface area (Å²) in [6, 6.07) is 12.5. The van der Waals surface area contributed by atoms with E-state index >= 15 is 0 Å². The highest BCUT2D eigenvalue weighted by Gasteiger charge is 2.57. The second-order valence-electron chi connectivity index (χ2n) is 7.53. The van der Waals surface area contributed by atoms with Crippen molar-refractivity contribution in [3.8, 4) is 11.5 Å². The molecular formula is C21H22N2O7. The lowest BCUT2D eigenvalue weighted by atomic mass is 9.91. The van der Waals surface area contributed by atoms with Gasteiger partial charge in [0.15, 0.2) is 11.5 Å². The first-order valence-electron chi connectivity index (χ1n) is 9.50. The largest absolute Gasteiger partial charge is 0.497 e. The maximum absolute atomic E-state index is 13.0. The lowest BCUT2D eigenvalue weighted by Gasteiger charge is -2.48. The van der Waals surface area contributed by atoms with E-state index in [1.807, 2.05) is 0 Å². The number of carbonyl (C=O) groups excluding carboxylic acids is 1. The Labute approximate surface area is 173 Å². The van der Waals surface area contributed by atoms with Crippen molar-refractivity contribution in [1.29, 1.82) is 0 Å². The number of hydrogen-bond acceptors (Lipinski definition) is 7. The van der Waals surface area contributed by atoms with Gasteiger partial charge in [0.25, 0.3) is 5.91 Å². The fourth-order valence-electron chi connectivity index (χ4n) is 3.74. The van der Waals surface area contributed by atoms with Gasteiger partial charge in [-0.05, 0) is 44.2 Å². The number of nitrogens with zero attached hydrogens (tertiary/aromatic N) is 2. The van der Waals surface area contributed by atoms with Gasteiger partial charge in [0, 0.05) is 11.8 Å².